The quantitative estimate of drug-likeness (QED) is 0.906. The highest BCUT2D eigenvalue weighted by atomic mass is 15.1. The van der Waals surface area contributed by atoms with Crippen LogP contribution in [0.15, 0.2) is 42.5 Å². The van der Waals surface area contributed by atoms with Crippen LogP contribution in [-0.4, -0.2) is 7.05 Å². The number of anilines is 1. The zero-order chi connectivity index (χ0) is 13.8. The predicted molar refractivity (Wildman–Crippen MR) is 82.4 cm³/mol. The number of nitrogens with zero attached hydrogens (tertiary/aromatic N) is 1. The summed E-state index contributed by atoms with van der Waals surface area (Å²) < 4.78 is 0. The van der Waals surface area contributed by atoms with Gasteiger partial charge in [0.05, 0.1) is 0 Å². The van der Waals surface area contributed by atoms with Gasteiger partial charge in [0.15, 0.2) is 0 Å². The van der Waals surface area contributed by atoms with Crippen LogP contribution in [0.5, 0.6) is 0 Å². The molecule has 0 amide bonds. The molecule has 2 aromatic carbocycles. The Labute approximate surface area is 115 Å². The van der Waals surface area contributed by atoms with E-state index in [1.54, 1.807) is 0 Å². The number of hydrogen-bond acceptors (Lipinski definition) is 2. The summed E-state index contributed by atoms with van der Waals surface area (Å²) >= 11 is 0. The number of benzene rings is 2. The Hall–Kier alpha value is -1.80. The van der Waals surface area contributed by atoms with E-state index in [0.29, 0.717) is 6.54 Å². The summed E-state index contributed by atoms with van der Waals surface area (Å²) in [5.41, 5.74) is 12.1. The van der Waals surface area contributed by atoms with E-state index in [4.69, 9.17) is 5.73 Å². The van der Waals surface area contributed by atoms with Crippen molar-refractivity contribution < 1.29 is 0 Å². The highest BCUT2D eigenvalue weighted by Gasteiger charge is 2.06. The lowest BCUT2D eigenvalue weighted by Crippen LogP contribution is -2.17. The van der Waals surface area contributed by atoms with Crippen LogP contribution in [-0.2, 0) is 13.1 Å². The molecule has 0 aliphatic rings. The molecule has 0 aromatic heterocycles. The lowest BCUT2D eigenvalue weighted by molar-refractivity contribution is 0.903. The summed E-state index contributed by atoms with van der Waals surface area (Å²) in [4.78, 5) is 2.27. The molecule has 0 heterocycles. The second-order valence-corrected chi connectivity index (χ2v) is 5.10. The van der Waals surface area contributed by atoms with Crippen molar-refractivity contribution in [2.75, 3.05) is 11.9 Å². The van der Waals surface area contributed by atoms with E-state index in [1.807, 2.05) is 0 Å². The van der Waals surface area contributed by atoms with Gasteiger partial charge in [0.25, 0.3) is 0 Å². The molecule has 0 unspecified atom stereocenters. The largest absolute Gasteiger partial charge is 0.370 e. The Balaban J connectivity index is 2.18. The molecule has 2 heteroatoms. The Bertz CT molecular complexity index is 523. The van der Waals surface area contributed by atoms with E-state index < -0.39 is 0 Å². The van der Waals surface area contributed by atoms with Crippen molar-refractivity contribution in [1.29, 1.82) is 0 Å². The first-order chi connectivity index (χ1) is 9.11. The lowest BCUT2D eigenvalue weighted by atomic mass is 10.0. The number of rotatable bonds is 4. The van der Waals surface area contributed by atoms with Gasteiger partial charge in [0.2, 0.25) is 0 Å². The molecule has 100 valence electrons. The minimum atomic E-state index is 0.598. The van der Waals surface area contributed by atoms with E-state index in [-0.39, 0.29) is 0 Å². The monoisotopic (exact) mass is 254 g/mol. The molecule has 2 nitrogen and oxygen atoms in total. The third-order valence-corrected chi connectivity index (χ3v) is 3.65. The summed E-state index contributed by atoms with van der Waals surface area (Å²) in [6.45, 7) is 5.88. The predicted octanol–water partition coefficient (Wildman–Crippen LogP) is 3.40. The van der Waals surface area contributed by atoms with Gasteiger partial charge in [-0.25, -0.2) is 0 Å². The molecule has 0 fully saturated rings. The van der Waals surface area contributed by atoms with Gasteiger partial charge in [-0.05, 0) is 48.2 Å². The van der Waals surface area contributed by atoms with Crippen LogP contribution in [0.2, 0.25) is 0 Å². The summed E-state index contributed by atoms with van der Waals surface area (Å²) in [6.07, 6.45) is 0. The second kappa shape index (κ2) is 5.89. The lowest BCUT2D eigenvalue weighted by Gasteiger charge is -2.22. The minimum absolute atomic E-state index is 0.598. The normalized spacial score (nSPS) is 10.5. The molecule has 2 rings (SSSR count). The van der Waals surface area contributed by atoms with Gasteiger partial charge >= 0.3 is 0 Å². The Morgan fingerprint density at radius 2 is 1.53 bits per heavy atom. The fourth-order valence-corrected chi connectivity index (χ4v) is 2.31. The van der Waals surface area contributed by atoms with Crippen LogP contribution in [0.4, 0.5) is 5.69 Å². The van der Waals surface area contributed by atoms with Gasteiger partial charge in [-0.3, -0.25) is 0 Å². The fourth-order valence-electron chi connectivity index (χ4n) is 2.31. The van der Waals surface area contributed by atoms with E-state index in [2.05, 4.69) is 68.3 Å². The van der Waals surface area contributed by atoms with Crippen molar-refractivity contribution in [2.24, 2.45) is 5.73 Å². The summed E-state index contributed by atoms with van der Waals surface area (Å²) in [7, 11) is 2.13. The molecule has 0 aliphatic carbocycles. The van der Waals surface area contributed by atoms with Gasteiger partial charge in [-0.1, -0.05) is 30.3 Å². The van der Waals surface area contributed by atoms with Crippen LogP contribution in [0.1, 0.15) is 22.3 Å². The molecule has 0 aliphatic heterocycles. The highest BCUT2D eigenvalue weighted by Crippen LogP contribution is 2.20. The topological polar surface area (TPSA) is 29.3 Å². The van der Waals surface area contributed by atoms with Crippen LogP contribution in [0.25, 0.3) is 0 Å². The molecule has 0 spiro atoms. The molecular weight excluding hydrogens is 232 g/mol. The fraction of sp³-hybridized carbons (Fsp3) is 0.294. The third-order valence-electron chi connectivity index (χ3n) is 3.65. The molecule has 0 saturated carbocycles. The van der Waals surface area contributed by atoms with Gasteiger partial charge in [-0.2, -0.15) is 0 Å². The van der Waals surface area contributed by atoms with E-state index in [1.165, 1.54) is 27.9 Å². The van der Waals surface area contributed by atoms with E-state index in [9.17, 15) is 0 Å². The van der Waals surface area contributed by atoms with E-state index in [0.717, 1.165) is 6.54 Å². The highest BCUT2D eigenvalue weighted by molar-refractivity contribution is 5.48. The van der Waals surface area contributed by atoms with Crippen molar-refractivity contribution in [1.82, 2.24) is 0 Å². The molecule has 2 aromatic rings. The van der Waals surface area contributed by atoms with Crippen molar-refractivity contribution in [2.45, 2.75) is 26.9 Å². The average Bonchev–Trinajstić information content (AvgIpc) is 2.43. The second-order valence-electron chi connectivity index (χ2n) is 5.10. The molecule has 2 N–H and O–H groups in total. The van der Waals surface area contributed by atoms with Crippen molar-refractivity contribution in [3.63, 3.8) is 0 Å². The minimum Gasteiger partial charge on any atom is -0.370 e. The van der Waals surface area contributed by atoms with Crippen molar-refractivity contribution in [3.05, 3.63) is 64.7 Å². The standard InChI is InChI=1S/C17H22N2/c1-13-5-4-6-14(2)17(13)12-19(3)16-9-7-15(11-18)8-10-16/h4-10H,11-12,18H2,1-3H3. The zero-order valence-electron chi connectivity index (χ0n) is 12.0. The first-order valence-corrected chi connectivity index (χ1v) is 6.67. The number of nitrogens with two attached hydrogens (primary N) is 1. The van der Waals surface area contributed by atoms with E-state index >= 15 is 0 Å². The smallest absolute Gasteiger partial charge is 0.0431 e. The number of hydrogen-bond donors (Lipinski definition) is 1. The summed E-state index contributed by atoms with van der Waals surface area (Å²) in [6, 6.07) is 14.9. The maximum absolute atomic E-state index is 5.63. The maximum Gasteiger partial charge on any atom is 0.0431 e. The molecule has 19 heavy (non-hydrogen) atoms. The van der Waals surface area contributed by atoms with Crippen LogP contribution in [0.3, 0.4) is 0 Å². The van der Waals surface area contributed by atoms with Gasteiger partial charge < -0.3 is 10.6 Å². The average molecular weight is 254 g/mol. The Morgan fingerprint density at radius 3 is 2.05 bits per heavy atom. The number of aryl methyl sites for hydroxylation is 2. The first-order valence-electron chi connectivity index (χ1n) is 6.67. The Morgan fingerprint density at radius 1 is 0.947 bits per heavy atom. The van der Waals surface area contributed by atoms with Crippen LogP contribution >= 0.6 is 0 Å². The van der Waals surface area contributed by atoms with Gasteiger partial charge in [0, 0.05) is 25.8 Å². The molecule has 0 atom stereocenters. The molecule has 0 saturated heterocycles. The molecular formula is C17H22N2. The molecule has 0 radical (unpaired) electrons. The van der Waals surface area contributed by atoms with Gasteiger partial charge in [-0.15, -0.1) is 0 Å². The first kappa shape index (κ1) is 13.6. The molecule has 0 bridgehead atoms. The van der Waals surface area contributed by atoms with Crippen molar-refractivity contribution in [3.8, 4) is 0 Å². The van der Waals surface area contributed by atoms with Crippen LogP contribution in [0, 0.1) is 13.8 Å². The van der Waals surface area contributed by atoms with Crippen LogP contribution < -0.4 is 10.6 Å². The maximum atomic E-state index is 5.63. The Kier molecular flexibility index (Phi) is 4.23. The zero-order valence-corrected chi connectivity index (χ0v) is 12.0. The third kappa shape index (κ3) is 3.15. The van der Waals surface area contributed by atoms with Crippen molar-refractivity contribution >= 4 is 5.69 Å². The summed E-state index contributed by atoms with van der Waals surface area (Å²) in [5.74, 6) is 0. The summed E-state index contributed by atoms with van der Waals surface area (Å²) in [5, 5.41) is 0. The van der Waals surface area contributed by atoms with Gasteiger partial charge in [0.1, 0.15) is 0 Å². The SMILES string of the molecule is Cc1cccc(C)c1CN(C)c1ccc(CN)cc1.